The molecule has 2 aromatic rings. The van der Waals surface area contributed by atoms with E-state index in [4.69, 9.17) is 0 Å². The van der Waals surface area contributed by atoms with E-state index in [1.807, 2.05) is 32.0 Å². The third kappa shape index (κ3) is 4.18. The molecule has 1 saturated heterocycles. The largest absolute Gasteiger partial charge is 0.324 e. The first-order chi connectivity index (χ1) is 12.8. The first kappa shape index (κ1) is 19.5. The molecule has 1 aliphatic rings. The lowest BCUT2D eigenvalue weighted by Crippen LogP contribution is -2.38. The summed E-state index contributed by atoms with van der Waals surface area (Å²) in [5, 5.41) is 2.79. The van der Waals surface area contributed by atoms with Gasteiger partial charge >= 0.3 is 0 Å². The number of halogens is 1. The van der Waals surface area contributed by atoms with E-state index < -0.39 is 21.9 Å². The molecule has 0 spiro atoms. The highest BCUT2D eigenvalue weighted by molar-refractivity contribution is 7.87. The molecule has 0 atom stereocenters. The van der Waals surface area contributed by atoms with Crippen LogP contribution < -0.4 is 5.32 Å². The van der Waals surface area contributed by atoms with E-state index in [0.717, 1.165) is 15.4 Å². The van der Waals surface area contributed by atoms with Crippen molar-refractivity contribution in [2.45, 2.75) is 20.4 Å². The van der Waals surface area contributed by atoms with E-state index in [2.05, 4.69) is 5.32 Å². The minimum atomic E-state index is -3.81. The van der Waals surface area contributed by atoms with Crippen molar-refractivity contribution < 1.29 is 17.6 Å². The average molecular weight is 391 g/mol. The maximum atomic E-state index is 13.8. The molecule has 1 amide bonds. The maximum absolute atomic E-state index is 13.8. The van der Waals surface area contributed by atoms with E-state index in [-0.39, 0.29) is 26.2 Å². The predicted octanol–water partition coefficient (Wildman–Crippen LogP) is 2.44. The molecule has 1 N–H and O–H groups in total. The molecule has 0 radical (unpaired) electrons. The Bertz CT molecular complexity index is 942. The van der Waals surface area contributed by atoms with Gasteiger partial charge in [0.05, 0.1) is 6.54 Å². The lowest BCUT2D eigenvalue weighted by molar-refractivity contribution is -0.116. The summed E-state index contributed by atoms with van der Waals surface area (Å²) in [5.74, 6) is -0.845. The zero-order valence-electron chi connectivity index (χ0n) is 15.3. The van der Waals surface area contributed by atoms with Gasteiger partial charge in [-0.05, 0) is 31.0 Å². The highest BCUT2D eigenvalue weighted by Gasteiger charge is 2.37. The topological polar surface area (TPSA) is 69.7 Å². The summed E-state index contributed by atoms with van der Waals surface area (Å²) < 4.78 is 41.5. The number of benzene rings is 2. The zero-order valence-corrected chi connectivity index (χ0v) is 16.1. The van der Waals surface area contributed by atoms with Gasteiger partial charge in [-0.25, -0.2) is 4.39 Å². The van der Waals surface area contributed by atoms with Crippen LogP contribution in [0.2, 0.25) is 0 Å². The predicted molar refractivity (Wildman–Crippen MR) is 102 cm³/mol. The summed E-state index contributed by atoms with van der Waals surface area (Å²) in [5.41, 5.74) is 2.83. The summed E-state index contributed by atoms with van der Waals surface area (Å²) in [6, 6.07) is 11.7. The van der Waals surface area contributed by atoms with E-state index in [1.54, 1.807) is 18.2 Å². The van der Waals surface area contributed by atoms with Crippen molar-refractivity contribution in [3.05, 3.63) is 65.0 Å². The van der Waals surface area contributed by atoms with Gasteiger partial charge in [0.15, 0.2) is 0 Å². The molecule has 27 heavy (non-hydrogen) atoms. The van der Waals surface area contributed by atoms with E-state index in [0.29, 0.717) is 11.3 Å². The fourth-order valence-electron chi connectivity index (χ4n) is 3.11. The summed E-state index contributed by atoms with van der Waals surface area (Å²) in [7, 11) is -3.81. The SMILES string of the molecule is Cc1cccc(C)c1NC(=O)CN1CCN(Cc2ccccc2F)S1(=O)=O. The molecule has 3 rings (SSSR count). The highest BCUT2D eigenvalue weighted by atomic mass is 32.2. The standard InChI is InChI=1S/C19H22FN3O3S/c1-14-6-5-7-15(2)19(14)21-18(24)13-23-11-10-22(27(23,25)26)12-16-8-3-4-9-17(16)20/h3-9H,10-13H2,1-2H3,(H,21,24). The Morgan fingerprint density at radius 2 is 1.67 bits per heavy atom. The highest BCUT2D eigenvalue weighted by Crippen LogP contribution is 2.22. The minimum absolute atomic E-state index is 0.0516. The van der Waals surface area contributed by atoms with Crippen molar-refractivity contribution in [1.29, 1.82) is 0 Å². The van der Waals surface area contributed by atoms with Crippen LogP contribution in [-0.2, 0) is 21.5 Å². The Morgan fingerprint density at radius 1 is 1.04 bits per heavy atom. The van der Waals surface area contributed by atoms with Gasteiger partial charge in [-0.15, -0.1) is 0 Å². The van der Waals surface area contributed by atoms with Gasteiger partial charge < -0.3 is 5.32 Å². The molecule has 0 bridgehead atoms. The van der Waals surface area contributed by atoms with Crippen LogP contribution in [0.4, 0.5) is 10.1 Å². The van der Waals surface area contributed by atoms with Crippen molar-refractivity contribution in [2.24, 2.45) is 0 Å². The van der Waals surface area contributed by atoms with Gasteiger partial charge in [0.1, 0.15) is 5.82 Å². The molecule has 1 fully saturated rings. The van der Waals surface area contributed by atoms with Crippen LogP contribution in [0.1, 0.15) is 16.7 Å². The average Bonchev–Trinajstić information content (AvgIpc) is 2.88. The molecule has 0 aliphatic carbocycles. The monoisotopic (exact) mass is 391 g/mol. The molecule has 0 saturated carbocycles. The van der Waals surface area contributed by atoms with Gasteiger partial charge in [-0.3, -0.25) is 4.79 Å². The van der Waals surface area contributed by atoms with E-state index in [9.17, 15) is 17.6 Å². The summed E-state index contributed by atoms with van der Waals surface area (Å²) in [6.45, 7) is 3.84. The van der Waals surface area contributed by atoms with Crippen molar-refractivity contribution in [3.8, 4) is 0 Å². The second-order valence-electron chi connectivity index (χ2n) is 6.58. The lowest BCUT2D eigenvalue weighted by atomic mass is 10.1. The molecule has 0 unspecified atom stereocenters. The zero-order chi connectivity index (χ0) is 19.6. The van der Waals surface area contributed by atoms with Crippen LogP contribution in [0.15, 0.2) is 42.5 Å². The molecular weight excluding hydrogens is 369 g/mol. The Labute approximate surface area is 158 Å². The summed E-state index contributed by atoms with van der Waals surface area (Å²) >= 11 is 0. The number of aryl methyl sites for hydroxylation is 2. The number of anilines is 1. The maximum Gasteiger partial charge on any atom is 0.282 e. The van der Waals surface area contributed by atoms with Gasteiger partial charge in [0.25, 0.3) is 10.2 Å². The van der Waals surface area contributed by atoms with Crippen molar-refractivity contribution in [3.63, 3.8) is 0 Å². The summed E-state index contributed by atoms with van der Waals surface area (Å²) in [4.78, 5) is 12.4. The first-order valence-electron chi connectivity index (χ1n) is 8.63. The number of nitrogens with one attached hydrogen (secondary N) is 1. The van der Waals surface area contributed by atoms with Crippen LogP contribution in [0.3, 0.4) is 0 Å². The van der Waals surface area contributed by atoms with Crippen LogP contribution in [-0.4, -0.2) is 42.6 Å². The lowest BCUT2D eigenvalue weighted by Gasteiger charge is -2.19. The molecular formula is C19H22FN3O3S. The number of carbonyl (C=O) groups is 1. The molecule has 2 aromatic carbocycles. The van der Waals surface area contributed by atoms with Crippen LogP contribution >= 0.6 is 0 Å². The molecule has 8 heteroatoms. The third-order valence-electron chi connectivity index (χ3n) is 4.62. The molecule has 1 aliphatic heterocycles. The molecule has 0 aromatic heterocycles. The van der Waals surface area contributed by atoms with Gasteiger partial charge in [0, 0.05) is 30.9 Å². The number of hydrogen-bond acceptors (Lipinski definition) is 3. The van der Waals surface area contributed by atoms with Crippen molar-refractivity contribution in [1.82, 2.24) is 8.61 Å². The number of hydrogen-bond donors (Lipinski definition) is 1. The number of nitrogens with zero attached hydrogens (tertiary/aromatic N) is 2. The van der Waals surface area contributed by atoms with Gasteiger partial charge in [-0.1, -0.05) is 36.4 Å². The third-order valence-corrected chi connectivity index (χ3v) is 6.55. The Morgan fingerprint density at radius 3 is 2.33 bits per heavy atom. The van der Waals surface area contributed by atoms with Crippen molar-refractivity contribution in [2.75, 3.05) is 25.0 Å². The van der Waals surface area contributed by atoms with Crippen LogP contribution in [0, 0.1) is 19.7 Å². The van der Waals surface area contributed by atoms with E-state index in [1.165, 1.54) is 10.4 Å². The fourth-order valence-corrected chi connectivity index (χ4v) is 4.64. The molecule has 6 nitrogen and oxygen atoms in total. The Kier molecular flexibility index (Phi) is 5.59. The number of carbonyl (C=O) groups excluding carboxylic acids is 1. The van der Waals surface area contributed by atoms with Gasteiger partial charge in [0.2, 0.25) is 5.91 Å². The normalized spacial score (nSPS) is 17.1. The summed E-state index contributed by atoms with van der Waals surface area (Å²) in [6.07, 6.45) is 0. The molecule has 1 heterocycles. The Balaban J connectivity index is 1.68. The van der Waals surface area contributed by atoms with Crippen molar-refractivity contribution >= 4 is 21.8 Å². The molecule has 144 valence electrons. The quantitative estimate of drug-likeness (QED) is 0.851. The second-order valence-corrected chi connectivity index (χ2v) is 8.51. The van der Waals surface area contributed by atoms with E-state index >= 15 is 0 Å². The van der Waals surface area contributed by atoms with Crippen LogP contribution in [0.5, 0.6) is 0 Å². The van der Waals surface area contributed by atoms with Crippen LogP contribution in [0.25, 0.3) is 0 Å². The number of amides is 1. The number of rotatable bonds is 5. The van der Waals surface area contributed by atoms with Gasteiger partial charge in [-0.2, -0.15) is 17.0 Å². The fraction of sp³-hybridized carbons (Fsp3) is 0.316. The second kappa shape index (κ2) is 7.75. The Hall–Kier alpha value is -2.29. The first-order valence-corrected chi connectivity index (χ1v) is 10.0. The number of para-hydroxylation sites is 1. The smallest absolute Gasteiger partial charge is 0.282 e. The minimum Gasteiger partial charge on any atom is -0.324 e.